The molecular formula is C12H21N3O2. The Morgan fingerprint density at radius 1 is 1.41 bits per heavy atom. The summed E-state index contributed by atoms with van der Waals surface area (Å²) in [5.74, 6) is 1.22. The number of pyridine rings is 1. The van der Waals surface area contributed by atoms with Crippen molar-refractivity contribution in [2.75, 3.05) is 30.8 Å². The van der Waals surface area contributed by atoms with Crippen LogP contribution in [0.5, 0.6) is 5.88 Å². The number of nitrogens with one attached hydrogen (secondary N) is 1. The van der Waals surface area contributed by atoms with Crippen LogP contribution in [0.4, 0.5) is 11.5 Å². The Hall–Kier alpha value is -1.49. The maximum absolute atomic E-state index is 5.73. The SMILES string of the molecule is CCOc1nc(NCCOC(C)C)ccc1N. The molecule has 1 aromatic heterocycles. The molecule has 0 unspecified atom stereocenters. The minimum Gasteiger partial charge on any atom is -0.476 e. The minimum atomic E-state index is 0.246. The van der Waals surface area contributed by atoms with Crippen molar-refractivity contribution in [2.45, 2.75) is 26.9 Å². The van der Waals surface area contributed by atoms with E-state index in [0.717, 1.165) is 5.82 Å². The Labute approximate surface area is 102 Å². The second kappa shape index (κ2) is 6.96. The van der Waals surface area contributed by atoms with Crippen LogP contribution in [0.2, 0.25) is 0 Å². The Morgan fingerprint density at radius 3 is 2.82 bits per heavy atom. The number of nitrogens with zero attached hydrogens (tertiary/aromatic N) is 1. The topological polar surface area (TPSA) is 69.4 Å². The van der Waals surface area contributed by atoms with E-state index in [2.05, 4.69) is 10.3 Å². The highest BCUT2D eigenvalue weighted by molar-refractivity contribution is 5.53. The summed E-state index contributed by atoms with van der Waals surface area (Å²) >= 11 is 0. The molecule has 96 valence electrons. The van der Waals surface area contributed by atoms with E-state index in [1.165, 1.54) is 0 Å². The maximum Gasteiger partial charge on any atom is 0.239 e. The van der Waals surface area contributed by atoms with Gasteiger partial charge in [-0.05, 0) is 32.9 Å². The van der Waals surface area contributed by atoms with Crippen molar-refractivity contribution in [3.63, 3.8) is 0 Å². The first kappa shape index (κ1) is 13.6. The average Bonchev–Trinajstić information content (AvgIpc) is 2.28. The van der Waals surface area contributed by atoms with Gasteiger partial charge in [0.25, 0.3) is 0 Å². The van der Waals surface area contributed by atoms with Gasteiger partial charge in [-0.2, -0.15) is 4.98 Å². The number of rotatable bonds is 7. The van der Waals surface area contributed by atoms with E-state index in [1.54, 1.807) is 6.07 Å². The quantitative estimate of drug-likeness (QED) is 0.711. The van der Waals surface area contributed by atoms with Crippen molar-refractivity contribution >= 4 is 11.5 Å². The van der Waals surface area contributed by atoms with E-state index in [0.29, 0.717) is 31.3 Å². The van der Waals surface area contributed by atoms with Crippen molar-refractivity contribution in [1.29, 1.82) is 0 Å². The number of ether oxygens (including phenoxy) is 2. The fraction of sp³-hybridized carbons (Fsp3) is 0.583. The van der Waals surface area contributed by atoms with Crippen LogP contribution >= 0.6 is 0 Å². The summed E-state index contributed by atoms with van der Waals surface area (Å²) in [6.45, 7) is 7.83. The molecule has 17 heavy (non-hydrogen) atoms. The van der Waals surface area contributed by atoms with E-state index in [9.17, 15) is 0 Å². The molecule has 1 aromatic rings. The second-order valence-corrected chi connectivity index (χ2v) is 3.87. The Kier molecular flexibility index (Phi) is 5.56. The normalized spacial score (nSPS) is 10.6. The predicted octanol–water partition coefficient (Wildman–Crippen LogP) is 1.90. The number of aromatic nitrogens is 1. The molecule has 5 heteroatoms. The molecule has 0 aromatic carbocycles. The van der Waals surface area contributed by atoms with Crippen molar-refractivity contribution < 1.29 is 9.47 Å². The van der Waals surface area contributed by atoms with Crippen LogP contribution in [0.1, 0.15) is 20.8 Å². The van der Waals surface area contributed by atoms with Gasteiger partial charge in [0.2, 0.25) is 5.88 Å². The molecule has 0 aliphatic carbocycles. The van der Waals surface area contributed by atoms with Gasteiger partial charge in [-0.3, -0.25) is 0 Å². The standard InChI is InChI=1S/C12H21N3O2/c1-4-16-12-10(13)5-6-11(15-12)14-7-8-17-9(2)3/h5-6,9H,4,7-8,13H2,1-3H3,(H,14,15). The molecule has 0 radical (unpaired) electrons. The van der Waals surface area contributed by atoms with Crippen molar-refractivity contribution in [2.24, 2.45) is 0 Å². The number of nitrogen functional groups attached to an aromatic ring is 1. The zero-order chi connectivity index (χ0) is 12.7. The summed E-state index contributed by atoms with van der Waals surface area (Å²) in [6.07, 6.45) is 0.246. The first-order chi connectivity index (χ1) is 8.13. The van der Waals surface area contributed by atoms with E-state index in [4.69, 9.17) is 15.2 Å². The van der Waals surface area contributed by atoms with Crippen LogP contribution in [-0.2, 0) is 4.74 Å². The summed E-state index contributed by atoms with van der Waals surface area (Å²) < 4.78 is 10.7. The van der Waals surface area contributed by atoms with E-state index >= 15 is 0 Å². The predicted molar refractivity (Wildman–Crippen MR) is 69.4 cm³/mol. The van der Waals surface area contributed by atoms with Gasteiger partial charge in [0.1, 0.15) is 5.82 Å². The Balaban J connectivity index is 2.45. The van der Waals surface area contributed by atoms with Gasteiger partial charge in [-0.15, -0.1) is 0 Å². The molecule has 1 rings (SSSR count). The Morgan fingerprint density at radius 2 is 2.18 bits per heavy atom. The molecule has 1 heterocycles. The highest BCUT2D eigenvalue weighted by Gasteiger charge is 2.03. The van der Waals surface area contributed by atoms with Gasteiger partial charge in [0, 0.05) is 6.54 Å². The van der Waals surface area contributed by atoms with Crippen LogP contribution in [0, 0.1) is 0 Å². The minimum absolute atomic E-state index is 0.246. The number of hydrogen-bond donors (Lipinski definition) is 2. The van der Waals surface area contributed by atoms with Gasteiger partial charge in [-0.1, -0.05) is 0 Å². The first-order valence-corrected chi connectivity index (χ1v) is 5.88. The molecule has 0 saturated heterocycles. The summed E-state index contributed by atoms with van der Waals surface area (Å²) in [4.78, 5) is 4.26. The fourth-order valence-corrected chi connectivity index (χ4v) is 1.28. The molecule has 0 aliphatic heterocycles. The van der Waals surface area contributed by atoms with Gasteiger partial charge in [-0.25, -0.2) is 0 Å². The van der Waals surface area contributed by atoms with Crippen LogP contribution in [0.15, 0.2) is 12.1 Å². The van der Waals surface area contributed by atoms with E-state index in [1.807, 2.05) is 26.8 Å². The molecule has 3 N–H and O–H groups in total. The highest BCUT2D eigenvalue weighted by Crippen LogP contribution is 2.20. The average molecular weight is 239 g/mol. The van der Waals surface area contributed by atoms with Crippen molar-refractivity contribution in [1.82, 2.24) is 4.98 Å². The second-order valence-electron chi connectivity index (χ2n) is 3.87. The zero-order valence-corrected chi connectivity index (χ0v) is 10.7. The number of anilines is 2. The largest absolute Gasteiger partial charge is 0.476 e. The van der Waals surface area contributed by atoms with Crippen LogP contribution < -0.4 is 15.8 Å². The highest BCUT2D eigenvalue weighted by atomic mass is 16.5. The third kappa shape index (κ3) is 4.91. The summed E-state index contributed by atoms with van der Waals surface area (Å²) in [5.41, 5.74) is 6.28. The third-order valence-corrected chi connectivity index (χ3v) is 2.03. The maximum atomic E-state index is 5.73. The lowest BCUT2D eigenvalue weighted by Gasteiger charge is -2.11. The number of hydrogen-bond acceptors (Lipinski definition) is 5. The summed E-state index contributed by atoms with van der Waals surface area (Å²) in [6, 6.07) is 3.61. The molecule has 5 nitrogen and oxygen atoms in total. The Bertz CT molecular complexity index is 343. The van der Waals surface area contributed by atoms with Gasteiger partial charge < -0.3 is 20.5 Å². The lowest BCUT2D eigenvalue weighted by molar-refractivity contribution is 0.0870. The zero-order valence-electron chi connectivity index (χ0n) is 10.7. The smallest absolute Gasteiger partial charge is 0.239 e. The molecule has 0 spiro atoms. The van der Waals surface area contributed by atoms with Crippen LogP contribution in [0.25, 0.3) is 0 Å². The van der Waals surface area contributed by atoms with E-state index < -0.39 is 0 Å². The lowest BCUT2D eigenvalue weighted by atomic mass is 10.4. The van der Waals surface area contributed by atoms with Crippen LogP contribution in [0.3, 0.4) is 0 Å². The van der Waals surface area contributed by atoms with Crippen molar-refractivity contribution in [3.05, 3.63) is 12.1 Å². The molecule has 0 aliphatic rings. The molecule has 0 atom stereocenters. The molecule has 0 bridgehead atoms. The fourth-order valence-electron chi connectivity index (χ4n) is 1.28. The molecule has 0 amide bonds. The molecule has 0 saturated carbocycles. The van der Waals surface area contributed by atoms with Gasteiger partial charge in [0.05, 0.1) is 25.0 Å². The monoisotopic (exact) mass is 239 g/mol. The van der Waals surface area contributed by atoms with Crippen molar-refractivity contribution in [3.8, 4) is 5.88 Å². The molecule has 0 fully saturated rings. The third-order valence-electron chi connectivity index (χ3n) is 2.03. The summed E-state index contributed by atoms with van der Waals surface area (Å²) in [7, 11) is 0. The van der Waals surface area contributed by atoms with E-state index in [-0.39, 0.29) is 6.10 Å². The lowest BCUT2D eigenvalue weighted by Crippen LogP contribution is -2.14. The first-order valence-electron chi connectivity index (χ1n) is 5.88. The van der Waals surface area contributed by atoms with Gasteiger partial charge >= 0.3 is 0 Å². The summed E-state index contributed by atoms with van der Waals surface area (Å²) in [5, 5.41) is 3.15. The van der Waals surface area contributed by atoms with Gasteiger partial charge in [0.15, 0.2) is 0 Å². The molecular weight excluding hydrogens is 218 g/mol. The number of nitrogens with two attached hydrogens (primary N) is 1. The van der Waals surface area contributed by atoms with Crippen LogP contribution in [-0.4, -0.2) is 30.8 Å².